The van der Waals surface area contributed by atoms with E-state index in [1.807, 2.05) is 91.0 Å². The first-order chi connectivity index (χ1) is 25.0. The second kappa shape index (κ2) is 14.4. The topological polar surface area (TPSA) is 125 Å². The minimum atomic E-state index is -1.33. The van der Waals surface area contributed by atoms with Crippen LogP contribution in [0, 0.1) is 0 Å². The molecule has 9 nitrogen and oxygen atoms in total. The Kier molecular flexibility index (Phi) is 9.46. The van der Waals surface area contributed by atoms with Crippen molar-refractivity contribution in [2.75, 3.05) is 0 Å². The third-order valence-electron chi connectivity index (χ3n) is 9.70. The minimum Gasteiger partial charge on any atom is -0.477 e. The number of aromatic carboxylic acids is 1. The summed E-state index contributed by atoms with van der Waals surface area (Å²) in [6.45, 7) is 1.95. The summed E-state index contributed by atoms with van der Waals surface area (Å²) in [5, 5.41) is 38.3. The van der Waals surface area contributed by atoms with Crippen molar-refractivity contribution in [3.8, 4) is 11.1 Å². The summed E-state index contributed by atoms with van der Waals surface area (Å²) in [6.07, 6.45) is 2.43. The van der Waals surface area contributed by atoms with E-state index in [4.69, 9.17) is 10.2 Å². The van der Waals surface area contributed by atoms with Crippen molar-refractivity contribution in [1.82, 2.24) is 9.55 Å². The molecule has 1 aliphatic rings. The molecule has 0 saturated carbocycles. The SMILES string of the molecule is CCCCc1nc(CO)c(C(=O)O)n1Cc1ccc(-c2ccccc2C2(C(c3ccccc3)(c3ccccc3)c3ccccc3)N=NN=N2)cc1. The van der Waals surface area contributed by atoms with Crippen molar-refractivity contribution in [2.45, 2.75) is 50.4 Å². The molecular weight excluding hydrogens is 637 g/mol. The van der Waals surface area contributed by atoms with Gasteiger partial charge < -0.3 is 14.8 Å². The predicted molar refractivity (Wildman–Crippen MR) is 195 cm³/mol. The van der Waals surface area contributed by atoms with Crippen LogP contribution in [0.1, 0.15) is 69.6 Å². The highest BCUT2D eigenvalue weighted by Crippen LogP contribution is 2.58. The lowest BCUT2D eigenvalue weighted by atomic mass is 9.59. The van der Waals surface area contributed by atoms with Crippen LogP contribution >= 0.6 is 0 Å². The number of carboxylic acid groups (broad SMARTS) is 1. The molecule has 0 atom stereocenters. The summed E-state index contributed by atoms with van der Waals surface area (Å²) in [7, 11) is 0. The molecular formula is C42H38N6O3. The van der Waals surface area contributed by atoms with Crippen LogP contribution in [-0.4, -0.2) is 25.7 Å². The number of carboxylic acids is 1. The van der Waals surface area contributed by atoms with Gasteiger partial charge in [0.25, 0.3) is 0 Å². The van der Waals surface area contributed by atoms with Crippen molar-refractivity contribution in [3.05, 3.63) is 185 Å². The van der Waals surface area contributed by atoms with Crippen LogP contribution in [0.25, 0.3) is 11.1 Å². The van der Waals surface area contributed by atoms with Gasteiger partial charge in [0.15, 0.2) is 5.69 Å². The van der Waals surface area contributed by atoms with E-state index in [9.17, 15) is 15.0 Å². The third kappa shape index (κ3) is 5.85. The number of aliphatic hydroxyl groups is 1. The Bertz CT molecular complexity index is 2070. The van der Waals surface area contributed by atoms with Crippen molar-refractivity contribution in [1.29, 1.82) is 0 Å². The Morgan fingerprint density at radius 1 is 0.725 bits per heavy atom. The zero-order chi connectivity index (χ0) is 35.3. The standard InChI is InChI=1S/C42H38N6O3/c1-2-3-23-38-43-37(29-49)39(40(50)51)48(38)28-30-24-26-31(27-25-30)35-21-13-14-22-36(35)42(44-46-47-45-42)41(32-15-7-4-8-16-32,33-17-9-5-10-18-33)34-19-11-6-12-20-34/h4-22,24-27,49H,2-3,23,28-29H2,1H3,(H,50,51). The van der Waals surface area contributed by atoms with E-state index in [1.165, 1.54) is 0 Å². The van der Waals surface area contributed by atoms with Gasteiger partial charge in [-0.15, -0.1) is 10.2 Å². The van der Waals surface area contributed by atoms with Crippen molar-refractivity contribution in [3.63, 3.8) is 0 Å². The number of aliphatic hydroxyl groups excluding tert-OH is 1. The van der Waals surface area contributed by atoms with Gasteiger partial charge in [0, 0.05) is 18.5 Å². The first-order valence-corrected chi connectivity index (χ1v) is 17.2. The molecule has 254 valence electrons. The first kappa shape index (κ1) is 33.4. The molecule has 0 saturated heterocycles. The van der Waals surface area contributed by atoms with Crippen LogP contribution in [0.15, 0.2) is 160 Å². The molecule has 1 aliphatic heterocycles. The van der Waals surface area contributed by atoms with Crippen LogP contribution in [0.2, 0.25) is 0 Å². The number of carbonyl (C=O) groups is 1. The number of aromatic nitrogens is 2. The summed E-state index contributed by atoms with van der Waals surface area (Å²) < 4.78 is 1.72. The van der Waals surface area contributed by atoms with Crippen LogP contribution in [-0.2, 0) is 30.7 Å². The number of hydrogen-bond donors (Lipinski definition) is 2. The van der Waals surface area contributed by atoms with Crippen LogP contribution in [0.5, 0.6) is 0 Å². The number of aryl methyl sites for hydroxylation is 1. The predicted octanol–water partition coefficient (Wildman–Crippen LogP) is 9.15. The molecule has 0 bridgehead atoms. The Hall–Kier alpha value is -6.06. The fraction of sp³-hybridized carbons (Fsp3) is 0.190. The van der Waals surface area contributed by atoms with Crippen LogP contribution < -0.4 is 0 Å². The molecule has 7 rings (SSSR count). The molecule has 0 aliphatic carbocycles. The van der Waals surface area contributed by atoms with Gasteiger partial charge in [-0.05, 0) is 50.2 Å². The fourth-order valence-electron chi connectivity index (χ4n) is 7.43. The van der Waals surface area contributed by atoms with Crippen LogP contribution in [0.4, 0.5) is 0 Å². The third-order valence-corrected chi connectivity index (χ3v) is 9.70. The normalized spacial score (nSPS) is 13.5. The maximum Gasteiger partial charge on any atom is 0.354 e. The largest absolute Gasteiger partial charge is 0.477 e. The average molecular weight is 675 g/mol. The quantitative estimate of drug-likeness (QED) is 0.119. The van der Waals surface area contributed by atoms with Crippen molar-refractivity contribution in [2.24, 2.45) is 20.7 Å². The summed E-state index contributed by atoms with van der Waals surface area (Å²) in [5.74, 6) is -0.450. The van der Waals surface area contributed by atoms with Gasteiger partial charge >= 0.3 is 5.97 Å². The molecule has 0 spiro atoms. The number of hydrogen-bond acceptors (Lipinski definition) is 7. The molecule has 0 fully saturated rings. The molecule has 9 heteroatoms. The van der Waals surface area contributed by atoms with Gasteiger partial charge in [0.05, 0.1) is 17.7 Å². The van der Waals surface area contributed by atoms with Gasteiger partial charge in [-0.1, -0.05) is 153 Å². The van der Waals surface area contributed by atoms with Crippen LogP contribution in [0.3, 0.4) is 0 Å². The van der Waals surface area contributed by atoms with Gasteiger partial charge in [-0.2, -0.15) is 0 Å². The molecule has 6 aromatic rings. The Morgan fingerprint density at radius 3 is 1.76 bits per heavy atom. The van der Waals surface area contributed by atoms with Gasteiger partial charge in [-0.25, -0.2) is 9.78 Å². The first-order valence-electron chi connectivity index (χ1n) is 17.2. The number of unbranched alkanes of at least 4 members (excludes halogenated alkanes) is 1. The summed E-state index contributed by atoms with van der Waals surface area (Å²) in [6, 6.07) is 47.1. The molecule has 5 aromatic carbocycles. The highest BCUT2D eigenvalue weighted by Gasteiger charge is 2.60. The number of rotatable bonds is 13. The lowest BCUT2D eigenvalue weighted by Crippen LogP contribution is -2.48. The highest BCUT2D eigenvalue weighted by atomic mass is 16.4. The molecule has 0 unspecified atom stereocenters. The van der Waals surface area contributed by atoms with Gasteiger partial charge in [-0.3, -0.25) is 0 Å². The zero-order valence-electron chi connectivity index (χ0n) is 28.3. The van der Waals surface area contributed by atoms with Crippen molar-refractivity contribution < 1.29 is 15.0 Å². The van der Waals surface area contributed by atoms with Gasteiger partial charge in [0.2, 0.25) is 5.66 Å². The minimum absolute atomic E-state index is 0.0241. The van der Waals surface area contributed by atoms with E-state index in [0.717, 1.165) is 51.8 Å². The maximum atomic E-state index is 12.3. The molecule has 0 amide bonds. The van der Waals surface area contributed by atoms with E-state index >= 15 is 0 Å². The Morgan fingerprint density at radius 2 is 1.25 bits per heavy atom. The second-order valence-electron chi connectivity index (χ2n) is 12.6. The van der Waals surface area contributed by atoms with E-state index in [-0.39, 0.29) is 11.4 Å². The summed E-state index contributed by atoms with van der Waals surface area (Å²) >= 11 is 0. The molecule has 0 radical (unpaired) electrons. The second-order valence-corrected chi connectivity index (χ2v) is 12.6. The fourth-order valence-corrected chi connectivity index (χ4v) is 7.43. The van der Waals surface area contributed by atoms with E-state index in [1.54, 1.807) is 4.57 Å². The van der Waals surface area contributed by atoms with E-state index < -0.39 is 23.7 Å². The van der Waals surface area contributed by atoms with E-state index in [0.29, 0.717) is 18.8 Å². The van der Waals surface area contributed by atoms with Crippen molar-refractivity contribution >= 4 is 5.97 Å². The maximum absolute atomic E-state index is 12.3. The average Bonchev–Trinajstić information content (AvgIpc) is 3.82. The molecule has 2 heterocycles. The Labute approximate surface area is 296 Å². The smallest absolute Gasteiger partial charge is 0.354 e. The lowest BCUT2D eigenvalue weighted by Gasteiger charge is -2.45. The monoisotopic (exact) mass is 674 g/mol. The Balaban J connectivity index is 1.39. The number of imidazole rings is 1. The molecule has 1 aromatic heterocycles. The highest BCUT2D eigenvalue weighted by molar-refractivity contribution is 5.87. The zero-order valence-corrected chi connectivity index (χ0v) is 28.3. The lowest BCUT2D eigenvalue weighted by molar-refractivity contribution is 0.0681. The molecule has 2 N–H and O–H groups in total. The molecule has 51 heavy (non-hydrogen) atoms. The number of nitrogens with zero attached hydrogens (tertiary/aromatic N) is 6. The summed E-state index contributed by atoms with van der Waals surface area (Å²) in [4.78, 5) is 16.8. The number of benzene rings is 5. The summed E-state index contributed by atoms with van der Waals surface area (Å²) in [5.41, 5.74) is 4.46. The van der Waals surface area contributed by atoms with E-state index in [2.05, 4.69) is 70.9 Å². The van der Waals surface area contributed by atoms with Gasteiger partial charge in [0.1, 0.15) is 5.82 Å².